The second-order valence-corrected chi connectivity index (χ2v) is 4.65. The van der Waals surface area contributed by atoms with E-state index in [0.29, 0.717) is 26.6 Å². The van der Waals surface area contributed by atoms with Crippen LogP contribution in [0.1, 0.15) is 16.7 Å². The number of hydrogen-bond donors (Lipinski definition) is 1. The zero-order valence-corrected chi connectivity index (χ0v) is 11.2. The summed E-state index contributed by atoms with van der Waals surface area (Å²) in [6.07, 6.45) is 0. The van der Waals surface area contributed by atoms with Crippen LogP contribution in [0.4, 0.5) is 0 Å². The second kappa shape index (κ2) is 5.94. The Morgan fingerprint density at radius 3 is 2.60 bits per heavy atom. The minimum absolute atomic E-state index is 0.295. The van der Waals surface area contributed by atoms with Crippen LogP contribution in [0.3, 0.4) is 0 Å². The van der Waals surface area contributed by atoms with Crippen molar-refractivity contribution < 1.29 is 14.2 Å². The van der Waals surface area contributed by atoms with Gasteiger partial charge in [-0.25, -0.2) is 0 Å². The van der Waals surface area contributed by atoms with Crippen LogP contribution in [0.25, 0.3) is 0 Å². The lowest BCUT2D eigenvalue weighted by molar-refractivity contribution is 0.106. The molecule has 0 radical (unpaired) electrons. The smallest absolute Gasteiger partial charge is 0.231 e. The van der Waals surface area contributed by atoms with Crippen molar-refractivity contribution in [3.63, 3.8) is 0 Å². The summed E-state index contributed by atoms with van der Waals surface area (Å²) in [4.78, 5) is 0. The molecule has 0 aliphatic carbocycles. The molecule has 1 aliphatic heterocycles. The maximum Gasteiger partial charge on any atom is 0.231 e. The second-order valence-electron chi connectivity index (χ2n) is 4.65. The fourth-order valence-corrected chi connectivity index (χ4v) is 2.21. The highest BCUT2D eigenvalue weighted by Crippen LogP contribution is 2.32. The zero-order valence-electron chi connectivity index (χ0n) is 11.2. The SMILES string of the molecule is NCc1ccccc1COCc1ccc2c(c1)OCO2. The molecule has 4 nitrogen and oxygen atoms in total. The van der Waals surface area contributed by atoms with E-state index in [2.05, 4.69) is 0 Å². The summed E-state index contributed by atoms with van der Waals surface area (Å²) in [5, 5.41) is 0. The van der Waals surface area contributed by atoms with E-state index in [4.69, 9.17) is 19.9 Å². The van der Waals surface area contributed by atoms with Gasteiger partial charge in [0, 0.05) is 6.54 Å². The van der Waals surface area contributed by atoms with Gasteiger partial charge in [-0.3, -0.25) is 0 Å². The maximum atomic E-state index is 5.76. The van der Waals surface area contributed by atoms with E-state index in [1.54, 1.807) is 0 Å². The van der Waals surface area contributed by atoms with Gasteiger partial charge in [-0.2, -0.15) is 0 Å². The highest BCUT2D eigenvalue weighted by atomic mass is 16.7. The average Bonchev–Trinajstić information content (AvgIpc) is 2.95. The van der Waals surface area contributed by atoms with Crippen molar-refractivity contribution >= 4 is 0 Å². The molecular formula is C16H17NO3. The van der Waals surface area contributed by atoms with Crippen molar-refractivity contribution in [3.8, 4) is 11.5 Å². The monoisotopic (exact) mass is 271 g/mol. The van der Waals surface area contributed by atoms with E-state index in [-0.39, 0.29) is 0 Å². The molecule has 0 amide bonds. The van der Waals surface area contributed by atoms with E-state index < -0.39 is 0 Å². The van der Waals surface area contributed by atoms with Crippen molar-refractivity contribution in [2.45, 2.75) is 19.8 Å². The van der Waals surface area contributed by atoms with Crippen molar-refractivity contribution in [1.29, 1.82) is 0 Å². The quantitative estimate of drug-likeness (QED) is 0.908. The van der Waals surface area contributed by atoms with Crippen LogP contribution in [-0.2, 0) is 24.5 Å². The summed E-state index contributed by atoms with van der Waals surface area (Å²) in [5.74, 6) is 1.58. The van der Waals surface area contributed by atoms with Gasteiger partial charge >= 0.3 is 0 Å². The highest BCUT2D eigenvalue weighted by Gasteiger charge is 2.13. The molecule has 0 unspecified atom stereocenters. The van der Waals surface area contributed by atoms with Crippen LogP contribution in [0.2, 0.25) is 0 Å². The Labute approximate surface area is 118 Å². The maximum absolute atomic E-state index is 5.76. The molecule has 2 aromatic rings. The molecule has 0 fully saturated rings. The van der Waals surface area contributed by atoms with Gasteiger partial charge in [0.1, 0.15) is 0 Å². The molecule has 0 saturated heterocycles. The highest BCUT2D eigenvalue weighted by molar-refractivity contribution is 5.44. The van der Waals surface area contributed by atoms with E-state index in [9.17, 15) is 0 Å². The Kier molecular flexibility index (Phi) is 3.85. The Morgan fingerprint density at radius 2 is 1.75 bits per heavy atom. The standard InChI is InChI=1S/C16H17NO3/c17-8-13-3-1-2-4-14(13)10-18-9-12-5-6-15-16(7-12)20-11-19-15/h1-7H,8-11,17H2. The number of hydrogen-bond acceptors (Lipinski definition) is 4. The van der Waals surface area contributed by atoms with Crippen molar-refractivity contribution in [1.82, 2.24) is 0 Å². The summed E-state index contributed by atoms with van der Waals surface area (Å²) in [6.45, 7) is 1.92. The molecule has 4 heteroatoms. The van der Waals surface area contributed by atoms with Crippen molar-refractivity contribution in [2.75, 3.05) is 6.79 Å². The number of rotatable bonds is 5. The van der Waals surface area contributed by atoms with Crippen LogP contribution in [0, 0.1) is 0 Å². The first-order valence-corrected chi connectivity index (χ1v) is 6.60. The van der Waals surface area contributed by atoms with Crippen LogP contribution in [0.5, 0.6) is 11.5 Å². The molecule has 0 atom stereocenters. The molecule has 0 saturated carbocycles. The molecule has 2 aromatic carbocycles. The van der Waals surface area contributed by atoms with Gasteiger partial charge in [-0.05, 0) is 28.8 Å². The van der Waals surface area contributed by atoms with E-state index in [1.807, 2.05) is 42.5 Å². The summed E-state index contributed by atoms with van der Waals surface area (Å²) in [7, 11) is 0. The minimum atomic E-state index is 0.295. The summed E-state index contributed by atoms with van der Waals surface area (Å²) < 4.78 is 16.4. The van der Waals surface area contributed by atoms with Crippen molar-refractivity contribution in [3.05, 3.63) is 59.2 Å². The van der Waals surface area contributed by atoms with E-state index in [0.717, 1.165) is 28.2 Å². The fourth-order valence-electron chi connectivity index (χ4n) is 2.21. The van der Waals surface area contributed by atoms with E-state index >= 15 is 0 Å². The molecule has 3 rings (SSSR count). The topological polar surface area (TPSA) is 53.7 Å². The Balaban J connectivity index is 1.60. The first-order chi connectivity index (χ1) is 9.86. The van der Waals surface area contributed by atoms with Crippen molar-refractivity contribution in [2.24, 2.45) is 5.73 Å². The van der Waals surface area contributed by atoms with Crippen LogP contribution in [0.15, 0.2) is 42.5 Å². The van der Waals surface area contributed by atoms with Gasteiger partial charge in [0.2, 0.25) is 6.79 Å². The number of ether oxygens (including phenoxy) is 3. The molecule has 104 valence electrons. The lowest BCUT2D eigenvalue weighted by Gasteiger charge is -2.09. The van der Waals surface area contributed by atoms with Gasteiger partial charge in [0.15, 0.2) is 11.5 Å². The minimum Gasteiger partial charge on any atom is -0.454 e. The fraction of sp³-hybridized carbons (Fsp3) is 0.250. The lowest BCUT2D eigenvalue weighted by atomic mass is 10.1. The number of benzene rings is 2. The Morgan fingerprint density at radius 1 is 0.950 bits per heavy atom. The molecule has 1 aliphatic rings. The molecule has 20 heavy (non-hydrogen) atoms. The number of fused-ring (bicyclic) bond motifs is 1. The first kappa shape index (κ1) is 13.0. The largest absolute Gasteiger partial charge is 0.454 e. The van der Waals surface area contributed by atoms with E-state index in [1.165, 1.54) is 0 Å². The van der Waals surface area contributed by atoms with Gasteiger partial charge < -0.3 is 19.9 Å². The van der Waals surface area contributed by atoms with Crippen LogP contribution >= 0.6 is 0 Å². The zero-order chi connectivity index (χ0) is 13.8. The molecular weight excluding hydrogens is 254 g/mol. The van der Waals surface area contributed by atoms with Crippen LogP contribution < -0.4 is 15.2 Å². The molecule has 1 heterocycles. The van der Waals surface area contributed by atoms with Gasteiger partial charge in [-0.15, -0.1) is 0 Å². The predicted molar refractivity (Wildman–Crippen MR) is 75.4 cm³/mol. The average molecular weight is 271 g/mol. The van der Waals surface area contributed by atoms with Crippen LogP contribution in [-0.4, -0.2) is 6.79 Å². The molecule has 0 bridgehead atoms. The Bertz CT molecular complexity index is 598. The molecule has 0 spiro atoms. The van der Waals surface area contributed by atoms with Gasteiger partial charge in [0.05, 0.1) is 13.2 Å². The van der Waals surface area contributed by atoms with Gasteiger partial charge in [-0.1, -0.05) is 30.3 Å². The summed E-state index contributed by atoms with van der Waals surface area (Å²) in [6, 6.07) is 13.9. The molecule has 2 N–H and O–H groups in total. The van der Waals surface area contributed by atoms with Gasteiger partial charge in [0.25, 0.3) is 0 Å². The lowest BCUT2D eigenvalue weighted by Crippen LogP contribution is -2.03. The Hall–Kier alpha value is -2.04. The third-order valence-electron chi connectivity index (χ3n) is 3.30. The summed E-state index contributed by atoms with van der Waals surface area (Å²) >= 11 is 0. The molecule has 0 aromatic heterocycles. The number of nitrogens with two attached hydrogens (primary N) is 1. The first-order valence-electron chi connectivity index (χ1n) is 6.60. The third-order valence-corrected chi connectivity index (χ3v) is 3.30. The predicted octanol–water partition coefficient (Wildman–Crippen LogP) is 2.59. The summed E-state index contributed by atoms with van der Waals surface area (Å²) in [5.41, 5.74) is 9.04. The normalized spacial score (nSPS) is 12.7. The third kappa shape index (κ3) is 2.76.